The number of aromatic nitrogens is 2. The van der Waals surface area contributed by atoms with E-state index in [-0.39, 0.29) is 0 Å². The minimum atomic E-state index is 0.993. The van der Waals surface area contributed by atoms with Gasteiger partial charge in [-0.1, -0.05) is 24.3 Å². The highest BCUT2D eigenvalue weighted by molar-refractivity contribution is 5.85. The summed E-state index contributed by atoms with van der Waals surface area (Å²) in [7, 11) is 2.10. The number of benzene rings is 2. The highest BCUT2D eigenvalue weighted by Gasteiger charge is 2.21. The quantitative estimate of drug-likeness (QED) is 0.605. The standard InChI is InChI=1S/C16H13N3/c1-18-13-7-3-2-6-12(13)16-17-10-11-19(16)15-9-5-4-8-14(15)18/h2-11H,1H3. The molecule has 0 aliphatic carbocycles. The molecule has 0 bridgehead atoms. The van der Waals surface area contributed by atoms with Gasteiger partial charge in [0.05, 0.1) is 17.1 Å². The minimum Gasteiger partial charge on any atom is -0.342 e. The molecule has 0 spiro atoms. The molecule has 1 aromatic heterocycles. The zero-order valence-electron chi connectivity index (χ0n) is 10.6. The average molecular weight is 247 g/mol. The van der Waals surface area contributed by atoms with E-state index in [4.69, 9.17) is 0 Å². The van der Waals surface area contributed by atoms with Crippen molar-refractivity contribution in [3.05, 3.63) is 60.9 Å². The molecule has 0 atom stereocenters. The second-order valence-electron chi connectivity index (χ2n) is 4.69. The molecule has 3 heteroatoms. The maximum Gasteiger partial charge on any atom is 0.146 e. The largest absolute Gasteiger partial charge is 0.342 e. The summed E-state index contributed by atoms with van der Waals surface area (Å²) in [5.74, 6) is 0.993. The first-order chi connectivity index (χ1) is 9.36. The van der Waals surface area contributed by atoms with Crippen LogP contribution in [0.4, 0.5) is 11.4 Å². The van der Waals surface area contributed by atoms with Gasteiger partial charge in [-0.3, -0.25) is 4.57 Å². The van der Waals surface area contributed by atoms with Crippen molar-refractivity contribution in [1.29, 1.82) is 0 Å². The van der Waals surface area contributed by atoms with Gasteiger partial charge in [-0.05, 0) is 24.3 Å². The second kappa shape index (κ2) is 3.72. The lowest BCUT2D eigenvalue weighted by atomic mass is 10.1. The maximum atomic E-state index is 4.53. The van der Waals surface area contributed by atoms with Crippen LogP contribution in [0.1, 0.15) is 0 Å². The number of imidazole rings is 1. The third-order valence-corrected chi connectivity index (χ3v) is 3.65. The van der Waals surface area contributed by atoms with Crippen LogP contribution in [0.3, 0.4) is 0 Å². The van der Waals surface area contributed by atoms with Gasteiger partial charge in [0.25, 0.3) is 0 Å². The summed E-state index contributed by atoms with van der Waals surface area (Å²) in [6.45, 7) is 0. The van der Waals surface area contributed by atoms with Crippen LogP contribution in [0.2, 0.25) is 0 Å². The second-order valence-corrected chi connectivity index (χ2v) is 4.69. The predicted octanol–water partition coefficient (Wildman–Crippen LogP) is 3.62. The lowest BCUT2D eigenvalue weighted by Gasteiger charge is -2.21. The van der Waals surface area contributed by atoms with Crippen molar-refractivity contribution in [1.82, 2.24) is 9.55 Å². The molecule has 2 heterocycles. The molecule has 92 valence electrons. The Morgan fingerprint density at radius 1 is 0.842 bits per heavy atom. The van der Waals surface area contributed by atoms with Crippen LogP contribution < -0.4 is 4.90 Å². The smallest absolute Gasteiger partial charge is 0.146 e. The lowest BCUT2D eigenvalue weighted by Crippen LogP contribution is -2.10. The monoisotopic (exact) mass is 247 g/mol. The van der Waals surface area contributed by atoms with E-state index in [1.807, 2.05) is 12.4 Å². The molecule has 1 aliphatic heterocycles. The Labute approximate surface area is 111 Å². The van der Waals surface area contributed by atoms with Gasteiger partial charge in [0, 0.05) is 25.0 Å². The van der Waals surface area contributed by atoms with E-state index < -0.39 is 0 Å². The molecule has 19 heavy (non-hydrogen) atoms. The summed E-state index contributed by atoms with van der Waals surface area (Å²) in [6.07, 6.45) is 3.87. The Kier molecular flexibility index (Phi) is 2.03. The first kappa shape index (κ1) is 10.4. The van der Waals surface area contributed by atoms with Crippen LogP contribution in [-0.2, 0) is 0 Å². The first-order valence-corrected chi connectivity index (χ1v) is 6.32. The summed E-state index contributed by atoms with van der Waals surface area (Å²) < 4.78 is 2.15. The Morgan fingerprint density at radius 2 is 1.53 bits per heavy atom. The van der Waals surface area contributed by atoms with E-state index in [0.29, 0.717) is 0 Å². The third kappa shape index (κ3) is 1.35. The number of rotatable bonds is 0. The zero-order valence-corrected chi connectivity index (χ0v) is 10.6. The molecule has 0 amide bonds. The van der Waals surface area contributed by atoms with E-state index >= 15 is 0 Å². The SMILES string of the molecule is CN1c2ccccc2-c2nccn2-c2ccccc21. The summed E-state index contributed by atoms with van der Waals surface area (Å²) in [5, 5.41) is 0. The Morgan fingerprint density at radius 3 is 2.37 bits per heavy atom. The molecule has 3 aromatic rings. The van der Waals surface area contributed by atoms with Crippen LogP contribution >= 0.6 is 0 Å². The molecule has 0 unspecified atom stereocenters. The Bertz CT molecular complexity index is 696. The number of anilines is 2. The molecule has 2 aromatic carbocycles. The van der Waals surface area contributed by atoms with Crippen molar-refractivity contribution in [2.45, 2.75) is 0 Å². The highest BCUT2D eigenvalue weighted by atomic mass is 15.2. The van der Waals surface area contributed by atoms with E-state index in [0.717, 1.165) is 17.1 Å². The van der Waals surface area contributed by atoms with Gasteiger partial charge in [-0.25, -0.2) is 4.98 Å². The average Bonchev–Trinajstić information content (AvgIpc) is 2.92. The number of hydrogen-bond donors (Lipinski definition) is 0. The zero-order chi connectivity index (χ0) is 12.8. The maximum absolute atomic E-state index is 4.53. The number of nitrogens with zero attached hydrogens (tertiary/aromatic N) is 3. The molecule has 0 N–H and O–H groups in total. The predicted molar refractivity (Wildman–Crippen MR) is 77.1 cm³/mol. The van der Waals surface area contributed by atoms with Crippen molar-refractivity contribution in [2.75, 3.05) is 11.9 Å². The van der Waals surface area contributed by atoms with Crippen LogP contribution in [0.25, 0.3) is 17.1 Å². The molecular formula is C16H13N3. The van der Waals surface area contributed by atoms with Crippen LogP contribution in [0, 0.1) is 0 Å². The summed E-state index contributed by atoms with van der Waals surface area (Å²) in [4.78, 5) is 6.75. The third-order valence-electron chi connectivity index (χ3n) is 3.65. The van der Waals surface area contributed by atoms with Crippen molar-refractivity contribution in [3.8, 4) is 17.1 Å². The fourth-order valence-corrected chi connectivity index (χ4v) is 2.73. The van der Waals surface area contributed by atoms with Gasteiger partial charge in [-0.2, -0.15) is 0 Å². The molecule has 0 radical (unpaired) electrons. The Balaban J connectivity index is 2.15. The van der Waals surface area contributed by atoms with E-state index in [9.17, 15) is 0 Å². The molecule has 3 nitrogen and oxygen atoms in total. The van der Waals surface area contributed by atoms with Gasteiger partial charge in [-0.15, -0.1) is 0 Å². The van der Waals surface area contributed by atoms with E-state index in [2.05, 4.69) is 70.0 Å². The van der Waals surface area contributed by atoms with Crippen molar-refractivity contribution < 1.29 is 0 Å². The number of fused-ring (bicyclic) bond motifs is 5. The van der Waals surface area contributed by atoms with Gasteiger partial charge >= 0.3 is 0 Å². The number of hydrogen-bond acceptors (Lipinski definition) is 2. The highest BCUT2D eigenvalue weighted by Crippen LogP contribution is 2.40. The summed E-state index contributed by atoms with van der Waals surface area (Å²) >= 11 is 0. The Hall–Kier alpha value is -2.55. The molecule has 4 rings (SSSR count). The molecule has 1 aliphatic rings. The fourth-order valence-electron chi connectivity index (χ4n) is 2.73. The molecular weight excluding hydrogens is 234 g/mol. The van der Waals surface area contributed by atoms with Crippen molar-refractivity contribution in [2.24, 2.45) is 0 Å². The summed E-state index contributed by atoms with van der Waals surface area (Å²) in [6, 6.07) is 16.8. The van der Waals surface area contributed by atoms with Crippen LogP contribution in [-0.4, -0.2) is 16.6 Å². The summed E-state index contributed by atoms with van der Waals surface area (Å²) in [5.41, 5.74) is 4.69. The first-order valence-electron chi connectivity index (χ1n) is 6.32. The minimum absolute atomic E-state index is 0.993. The van der Waals surface area contributed by atoms with E-state index in [1.165, 1.54) is 11.4 Å². The van der Waals surface area contributed by atoms with Gasteiger partial charge in [0.15, 0.2) is 0 Å². The van der Waals surface area contributed by atoms with E-state index in [1.54, 1.807) is 0 Å². The number of para-hydroxylation sites is 3. The van der Waals surface area contributed by atoms with Crippen LogP contribution in [0.15, 0.2) is 60.9 Å². The fraction of sp³-hybridized carbons (Fsp3) is 0.0625. The normalized spacial score (nSPS) is 12.4. The van der Waals surface area contributed by atoms with Gasteiger partial charge in [0.1, 0.15) is 5.82 Å². The lowest BCUT2D eigenvalue weighted by molar-refractivity contribution is 1.07. The van der Waals surface area contributed by atoms with Gasteiger partial charge < -0.3 is 4.90 Å². The molecule has 0 saturated heterocycles. The van der Waals surface area contributed by atoms with Crippen molar-refractivity contribution in [3.63, 3.8) is 0 Å². The van der Waals surface area contributed by atoms with Crippen molar-refractivity contribution >= 4 is 11.4 Å². The molecule has 0 fully saturated rings. The molecule has 0 saturated carbocycles. The van der Waals surface area contributed by atoms with Gasteiger partial charge in [0.2, 0.25) is 0 Å². The topological polar surface area (TPSA) is 21.1 Å². The van der Waals surface area contributed by atoms with Crippen LogP contribution in [0.5, 0.6) is 0 Å².